The Morgan fingerprint density at radius 1 is 1.22 bits per heavy atom. The third kappa shape index (κ3) is 4.83. The normalized spacial score (nSPS) is 13.4. The van der Waals surface area contributed by atoms with Gasteiger partial charge in [-0.15, -0.1) is 0 Å². The van der Waals surface area contributed by atoms with Gasteiger partial charge in [-0.05, 0) is 23.3 Å². The lowest BCUT2D eigenvalue weighted by molar-refractivity contribution is -0.141. The van der Waals surface area contributed by atoms with E-state index >= 15 is 0 Å². The van der Waals surface area contributed by atoms with E-state index in [2.05, 4.69) is 20.6 Å². The number of benzene rings is 1. The molecule has 1 aliphatic rings. The Labute approximate surface area is 159 Å². The van der Waals surface area contributed by atoms with E-state index in [1.54, 1.807) is 4.90 Å². The Hall–Kier alpha value is -2.46. The van der Waals surface area contributed by atoms with Gasteiger partial charge in [0, 0.05) is 32.8 Å². The highest BCUT2D eigenvalue weighted by Gasteiger charge is 2.35. The van der Waals surface area contributed by atoms with Gasteiger partial charge in [0.05, 0.1) is 6.61 Å². The maximum absolute atomic E-state index is 13.3. The number of methoxy groups -OCH3 is 1. The van der Waals surface area contributed by atoms with Crippen LogP contribution in [0, 0.1) is 0 Å². The Bertz CT molecular complexity index is 805. The summed E-state index contributed by atoms with van der Waals surface area (Å²) in [5.41, 5.74) is 1.11. The van der Waals surface area contributed by atoms with E-state index in [1.807, 2.05) is 24.3 Å². The fourth-order valence-corrected chi connectivity index (χ4v) is 2.90. The number of ether oxygens (including phenoxy) is 1. The van der Waals surface area contributed by atoms with Crippen molar-refractivity contribution in [3.63, 3.8) is 0 Å². The summed E-state index contributed by atoms with van der Waals surface area (Å²) < 4.78 is 44.7. The zero-order valence-corrected chi connectivity index (χ0v) is 15.3. The molecule has 0 atom stereocenters. The van der Waals surface area contributed by atoms with Gasteiger partial charge in [-0.2, -0.15) is 18.2 Å². The Balaban J connectivity index is 1.83. The molecule has 10 heteroatoms. The van der Waals surface area contributed by atoms with Gasteiger partial charge in [-0.1, -0.05) is 24.3 Å². The number of halogens is 3. The highest BCUT2D eigenvalue weighted by Crippen LogP contribution is 2.33. The lowest BCUT2D eigenvalue weighted by Gasteiger charge is -2.19. The van der Waals surface area contributed by atoms with E-state index in [4.69, 9.17) is 17.0 Å². The topological polar surface area (TPSA) is 62.3 Å². The van der Waals surface area contributed by atoms with Crippen LogP contribution in [0.15, 0.2) is 30.3 Å². The number of rotatable bonds is 5. The Morgan fingerprint density at radius 2 is 1.89 bits per heavy atom. The summed E-state index contributed by atoms with van der Waals surface area (Å²) in [5.74, 6) is -0.0126. The second-order valence-electron chi connectivity index (χ2n) is 5.93. The van der Waals surface area contributed by atoms with Crippen molar-refractivity contribution in [3.05, 3.63) is 47.2 Å². The highest BCUT2D eigenvalue weighted by atomic mass is 32.1. The van der Waals surface area contributed by atoms with Crippen LogP contribution in [0.4, 0.5) is 24.9 Å². The van der Waals surface area contributed by atoms with Gasteiger partial charge in [-0.25, -0.2) is 4.98 Å². The van der Waals surface area contributed by atoms with E-state index in [-0.39, 0.29) is 16.9 Å². The van der Waals surface area contributed by atoms with Crippen molar-refractivity contribution in [2.24, 2.45) is 0 Å². The van der Waals surface area contributed by atoms with Crippen LogP contribution in [0.25, 0.3) is 0 Å². The minimum Gasteiger partial charge on any atom is -0.383 e. The van der Waals surface area contributed by atoms with Gasteiger partial charge in [0.25, 0.3) is 0 Å². The van der Waals surface area contributed by atoms with E-state index in [0.717, 1.165) is 17.2 Å². The Morgan fingerprint density at radius 3 is 2.48 bits per heavy atom. The molecule has 2 heterocycles. The molecule has 1 aromatic heterocycles. The maximum atomic E-state index is 13.3. The van der Waals surface area contributed by atoms with Crippen molar-refractivity contribution in [3.8, 4) is 0 Å². The van der Waals surface area contributed by atoms with Crippen LogP contribution in [0.2, 0.25) is 0 Å². The molecule has 144 valence electrons. The molecule has 1 aliphatic heterocycles. The number of hydrogen-bond acceptors (Lipinski definition) is 5. The van der Waals surface area contributed by atoms with Gasteiger partial charge in [0.2, 0.25) is 5.95 Å². The van der Waals surface area contributed by atoms with Gasteiger partial charge in [0.1, 0.15) is 5.82 Å². The number of aromatic nitrogens is 2. The molecule has 6 nitrogen and oxygen atoms in total. The van der Waals surface area contributed by atoms with Crippen molar-refractivity contribution in [1.29, 1.82) is 0 Å². The average molecular weight is 397 g/mol. The summed E-state index contributed by atoms with van der Waals surface area (Å²) in [7, 11) is 1.54. The van der Waals surface area contributed by atoms with Crippen molar-refractivity contribution in [2.75, 3.05) is 30.5 Å². The van der Waals surface area contributed by atoms with Crippen LogP contribution in [0.5, 0.6) is 0 Å². The molecular weight excluding hydrogens is 379 g/mol. The molecule has 0 radical (unpaired) electrons. The van der Waals surface area contributed by atoms with Gasteiger partial charge >= 0.3 is 6.18 Å². The predicted octanol–water partition coefficient (Wildman–Crippen LogP) is 2.95. The maximum Gasteiger partial charge on any atom is 0.433 e. The second-order valence-corrected chi connectivity index (χ2v) is 6.34. The number of nitrogens with zero attached hydrogens (tertiary/aromatic N) is 3. The summed E-state index contributed by atoms with van der Waals surface area (Å²) in [5, 5.41) is 5.55. The number of anilines is 2. The van der Waals surface area contributed by atoms with Crippen LogP contribution in [-0.4, -0.2) is 35.3 Å². The van der Waals surface area contributed by atoms with E-state index in [1.165, 1.54) is 7.11 Å². The van der Waals surface area contributed by atoms with Crippen LogP contribution in [0.3, 0.4) is 0 Å². The summed E-state index contributed by atoms with van der Waals surface area (Å²) in [6, 6.07) is 8.67. The molecule has 2 aromatic rings. The lowest BCUT2D eigenvalue weighted by atomic mass is 10.1. The van der Waals surface area contributed by atoms with Crippen LogP contribution in [-0.2, 0) is 24.0 Å². The van der Waals surface area contributed by atoms with Crippen molar-refractivity contribution >= 4 is 29.1 Å². The fraction of sp³-hybridized carbons (Fsp3) is 0.353. The number of thiocarbonyl (C=S) groups is 1. The van der Waals surface area contributed by atoms with Crippen LogP contribution in [0.1, 0.15) is 16.8 Å². The summed E-state index contributed by atoms with van der Waals surface area (Å²) in [6.45, 7) is 1.79. The van der Waals surface area contributed by atoms with Crippen LogP contribution >= 0.6 is 12.2 Å². The smallest absolute Gasteiger partial charge is 0.383 e. The molecule has 3 rings (SSSR count). The number of fused-ring (bicyclic) bond motifs is 1. The third-order valence-electron chi connectivity index (χ3n) is 3.98. The summed E-state index contributed by atoms with van der Waals surface area (Å²) in [4.78, 5) is 9.56. The molecule has 0 aliphatic carbocycles. The molecule has 0 saturated carbocycles. The van der Waals surface area contributed by atoms with E-state index in [9.17, 15) is 13.2 Å². The molecule has 2 N–H and O–H groups in total. The molecule has 1 aromatic carbocycles. The monoisotopic (exact) mass is 397 g/mol. The molecule has 0 bridgehead atoms. The van der Waals surface area contributed by atoms with Gasteiger partial charge in [0.15, 0.2) is 10.8 Å². The number of alkyl halides is 3. The third-order valence-corrected chi connectivity index (χ3v) is 4.23. The summed E-state index contributed by atoms with van der Waals surface area (Å²) >= 11 is 5.07. The minimum absolute atomic E-state index is 0.127. The van der Waals surface area contributed by atoms with E-state index < -0.39 is 11.9 Å². The van der Waals surface area contributed by atoms with Crippen molar-refractivity contribution in [1.82, 2.24) is 15.3 Å². The Kier molecular flexibility index (Phi) is 5.76. The fourth-order valence-electron chi connectivity index (χ4n) is 2.71. The first-order valence-corrected chi connectivity index (χ1v) is 8.59. The molecule has 0 saturated heterocycles. The zero-order valence-electron chi connectivity index (χ0n) is 14.5. The summed E-state index contributed by atoms with van der Waals surface area (Å²) in [6.07, 6.45) is -4.59. The number of nitrogens with one attached hydrogen (secondary N) is 2. The first-order valence-electron chi connectivity index (χ1n) is 8.18. The first kappa shape index (κ1) is 19.3. The van der Waals surface area contributed by atoms with Gasteiger partial charge < -0.3 is 20.3 Å². The largest absolute Gasteiger partial charge is 0.433 e. The van der Waals surface area contributed by atoms with E-state index in [0.29, 0.717) is 26.2 Å². The molecule has 0 unspecified atom stereocenters. The van der Waals surface area contributed by atoms with Gasteiger partial charge in [-0.3, -0.25) is 0 Å². The molecule has 0 spiro atoms. The molecule has 0 fully saturated rings. The van der Waals surface area contributed by atoms with Crippen molar-refractivity contribution in [2.45, 2.75) is 19.3 Å². The molecule has 27 heavy (non-hydrogen) atoms. The molecular formula is C17H18F3N5OS. The standard InChI is InChI=1S/C17H18F3N5OS/c1-26-7-6-21-16(27)24-15-22-13(17(18,19)20)8-14(23-15)25-9-11-4-2-3-5-12(11)10-25/h2-5,8H,6-7,9-10H2,1H3,(H2,21,22,23,24,27). The SMILES string of the molecule is COCCNC(=S)Nc1nc(N2Cc3ccccc3C2)cc(C(F)(F)F)n1. The highest BCUT2D eigenvalue weighted by molar-refractivity contribution is 7.80. The zero-order chi connectivity index (χ0) is 19.4. The molecule has 0 amide bonds. The second kappa shape index (κ2) is 8.05. The minimum atomic E-state index is -4.59. The van der Waals surface area contributed by atoms with Crippen LogP contribution < -0.4 is 15.5 Å². The lowest BCUT2D eigenvalue weighted by Crippen LogP contribution is -2.32. The average Bonchev–Trinajstić information content (AvgIpc) is 3.05. The number of hydrogen-bond donors (Lipinski definition) is 2. The predicted molar refractivity (Wildman–Crippen MR) is 99.5 cm³/mol. The van der Waals surface area contributed by atoms with Crippen molar-refractivity contribution < 1.29 is 17.9 Å². The first-order chi connectivity index (χ1) is 12.9. The quantitative estimate of drug-likeness (QED) is 0.594.